The van der Waals surface area contributed by atoms with Crippen molar-refractivity contribution in [2.45, 2.75) is 46.2 Å². The van der Waals surface area contributed by atoms with Gasteiger partial charge in [-0.05, 0) is 26.7 Å². The maximum absolute atomic E-state index is 12.7. The van der Waals surface area contributed by atoms with Crippen molar-refractivity contribution in [3.63, 3.8) is 0 Å². The third-order valence-corrected chi connectivity index (χ3v) is 5.48. The molecule has 1 saturated heterocycles. The molecular formula is C19H26N8O. The molecule has 148 valence electrons. The van der Waals surface area contributed by atoms with Crippen LogP contribution < -0.4 is 5.32 Å². The lowest BCUT2D eigenvalue weighted by Gasteiger charge is -2.34. The Balaban J connectivity index is 1.72. The topological polar surface area (TPSA) is 93.8 Å². The van der Waals surface area contributed by atoms with Crippen LogP contribution >= 0.6 is 0 Å². The first-order valence-corrected chi connectivity index (χ1v) is 9.80. The van der Waals surface area contributed by atoms with Gasteiger partial charge in [0.05, 0.1) is 11.8 Å². The Morgan fingerprint density at radius 2 is 2.07 bits per heavy atom. The summed E-state index contributed by atoms with van der Waals surface area (Å²) >= 11 is 0. The second-order valence-corrected chi connectivity index (χ2v) is 7.13. The normalized spacial score (nSPS) is 14.9. The van der Waals surface area contributed by atoms with Gasteiger partial charge in [-0.2, -0.15) is 5.10 Å². The highest BCUT2D eigenvalue weighted by atomic mass is 16.2. The molecule has 4 heterocycles. The first-order chi connectivity index (χ1) is 13.5. The number of aryl methyl sites for hydroxylation is 2. The third-order valence-electron chi connectivity index (χ3n) is 5.48. The van der Waals surface area contributed by atoms with E-state index in [1.54, 1.807) is 0 Å². The molecule has 3 aromatic rings. The van der Waals surface area contributed by atoms with Gasteiger partial charge in [-0.1, -0.05) is 6.92 Å². The van der Waals surface area contributed by atoms with E-state index in [1.807, 2.05) is 41.2 Å². The average molecular weight is 382 g/mol. The van der Waals surface area contributed by atoms with Crippen molar-refractivity contribution in [3.8, 4) is 11.4 Å². The van der Waals surface area contributed by atoms with E-state index in [0.717, 1.165) is 48.8 Å². The first-order valence-electron chi connectivity index (χ1n) is 9.80. The van der Waals surface area contributed by atoms with Gasteiger partial charge in [0.25, 0.3) is 0 Å². The van der Waals surface area contributed by atoms with Gasteiger partial charge in [-0.25, -0.2) is 15.0 Å². The maximum Gasteiger partial charge on any atom is 0.245 e. The van der Waals surface area contributed by atoms with E-state index >= 15 is 0 Å². The van der Waals surface area contributed by atoms with Crippen LogP contribution in [0.3, 0.4) is 0 Å². The largest absolute Gasteiger partial charge is 0.356 e. The SMILES string of the molecule is CC[C@@H](Nc1ncnc2c1nc(-c1cnn(CC)c1C)n2C)C(=O)N1CCC1. The van der Waals surface area contributed by atoms with Crippen molar-refractivity contribution >= 4 is 22.9 Å². The highest BCUT2D eigenvalue weighted by molar-refractivity contribution is 5.90. The number of hydrogen-bond acceptors (Lipinski definition) is 6. The van der Waals surface area contributed by atoms with E-state index in [2.05, 4.69) is 27.3 Å². The van der Waals surface area contributed by atoms with Crippen molar-refractivity contribution in [2.75, 3.05) is 18.4 Å². The summed E-state index contributed by atoms with van der Waals surface area (Å²) in [5, 5.41) is 7.73. The van der Waals surface area contributed by atoms with Gasteiger partial charge < -0.3 is 14.8 Å². The van der Waals surface area contributed by atoms with Gasteiger partial charge in [0.2, 0.25) is 5.91 Å². The van der Waals surface area contributed by atoms with Gasteiger partial charge in [0.15, 0.2) is 17.0 Å². The molecule has 1 N–H and O–H groups in total. The van der Waals surface area contributed by atoms with Crippen molar-refractivity contribution in [1.29, 1.82) is 0 Å². The van der Waals surface area contributed by atoms with Gasteiger partial charge in [0.1, 0.15) is 18.2 Å². The number of imidazole rings is 1. The Morgan fingerprint density at radius 1 is 1.29 bits per heavy atom. The fourth-order valence-corrected chi connectivity index (χ4v) is 3.59. The molecule has 0 aromatic carbocycles. The predicted molar refractivity (Wildman–Crippen MR) is 107 cm³/mol. The van der Waals surface area contributed by atoms with Crippen molar-refractivity contribution in [1.82, 2.24) is 34.2 Å². The minimum absolute atomic E-state index is 0.122. The first kappa shape index (κ1) is 18.4. The number of fused-ring (bicyclic) bond motifs is 1. The zero-order chi connectivity index (χ0) is 19.8. The average Bonchev–Trinajstić information content (AvgIpc) is 3.18. The van der Waals surface area contributed by atoms with Gasteiger partial charge in [0, 0.05) is 32.4 Å². The molecule has 4 rings (SSSR count). The summed E-state index contributed by atoms with van der Waals surface area (Å²) in [5.41, 5.74) is 3.42. The van der Waals surface area contributed by atoms with Crippen molar-refractivity contribution < 1.29 is 4.79 Å². The number of anilines is 1. The fraction of sp³-hybridized carbons (Fsp3) is 0.526. The second-order valence-electron chi connectivity index (χ2n) is 7.13. The Morgan fingerprint density at radius 3 is 2.68 bits per heavy atom. The number of likely N-dealkylation sites (tertiary alicyclic amines) is 1. The van der Waals surface area contributed by atoms with Crippen LogP contribution in [0.1, 0.15) is 32.4 Å². The highest BCUT2D eigenvalue weighted by Gasteiger charge is 2.28. The van der Waals surface area contributed by atoms with E-state index in [0.29, 0.717) is 17.8 Å². The van der Waals surface area contributed by atoms with Crippen LogP contribution in [-0.4, -0.2) is 59.2 Å². The summed E-state index contributed by atoms with van der Waals surface area (Å²) in [6.07, 6.45) is 5.11. The molecule has 0 aliphatic carbocycles. The molecule has 0 radical (unpaired) electrons. The number of aromatic nitrogens is 6. The molecule has 9 heteroatoms. The molecule has 0 spiro atoms. The molecule has 0 saturated carbocycles. The smallest absolute Gasteiger partial charge is 0.245 e. The van der Waals surface area contributed by atoms with Crippen LogP contribution in [0.2, 0.25) is 0 Å². The summed E-state index contributed by atoms with van der Waals surface area (Å²) in [6.45, 7) is 8.58. The molecular weight excluding hydrogens is 356 g/mol. The Labute approximate surface area is 163 Å². The summed E-state index contributed by atoms with van der Waals surface area (Å²) in [7, 11) is 1.94. The van der Waals surface area contributed by atoms with Crippen molar-refractivity contribution in [2.24, 2.45) is 7.05 Å². The van der Waals surface area contributed by atoms with E-state index in [4.69, 9.17) is 4.98 Å². The Bertz CT molecular complexity index is 1020. The molecule has 1 aliphatic heterocycles. The van der Waals surface area contributed by atoms with Crippen LogP contribution in [0, 0.1) is 6.92 Å². The molecule has 0 unspecified atom stereocenters. The lowest BCUT2D eigenvalue weighted by atomic mass is 10.1. The molecule has 1 amide bonds. The van der Waals surface area contributed by atoms with Gasteiger partial charge in [-0.15, -0.1) is 0 Å². The number of hydrogen-bond donors (Lipinski definition) is 1. The van der Waals surface area contributed by atoms with Crippen molar-refractivity contribution in [3.05, 3.63) is 18.2 Å². The number of carbonyl (C=O) groups is 1. The fourth-order valence-electron chi connectivity index (χ4n) is 3.59. The van der Waals surface area contributed by atoms with E-state index in [1.165, 1.54) is 6.33 Å². The number of rotatable bonds is 6. The Hall–Kier alpha value is -2.97. The predicted octanol–water partition coefficient (Wildman–Crippen LogP) is 1.98. The molecule has 1 aliphatic rings. The zero-order valence-corrected chi connectivity index (χ0v) is 16.8. The lowest BCUT2D eigenvalue weighted by Crippen LogP contribution is -2.49. The second kappa shape index (κ2) is 7.21. The van der Waals surface area contributed by atoms with Crippen LogP contribution in [0.15, 0.2) is 12.5 Å². The highest BCUT2D eigenvalue weighted by Crippen LogP contribution is 2.28. The summed E-state index contributed by atoms with van der Waals surface area (Å²) in [6, 6.07) is -0.312. The van der Waals surface area contributed by atoms with Crippen LogP contribution in [-0.2, 0) is 18.4 Å². The monoisotopic (exact) mass is 382 g/mol. The van der Waals surface area contributed by atoms with Crippen LogP contribution in [0.4, 0.5) is 5.82 Å². The van der Waals surface area contributed by atoms with Crippen LogP contribution in [0.5, 0.6) is 0 Å². The number of carbonyl (C=O) groups excluding carboxylic acids is 1. The Kier molecular flexibility index (Phi) is 4.74. The van der Waals surface area contributed by atoms with Crippen LogP contribution in [0.25, 0.3) is 22.6 Å². The number of nitrogens with zero attached hydrogens (tertiary/aromatic N) is 7. The molecule has 0 bridgehead atoms. The molecule has 1 fully saturated rings. The standard InChI is InChI=1S/C19H26N8O/c1-5-14(19(28)26-8-7-9-26)23-16-15-18(21-11-20-16)25(4)17(24-15)13-10-22-27(6-2)12(13)3/h10-11,14H,5-9H2,1-4H3,(H,20,21,23)/t14-/m1/s1. The summed E-state index contributed by atoms with van der Waals surface area (Å²) in [4.78, 5) is 28.1. The van der Waals surface area contributed by atoms with E-state index < -0.39 is 0 Å². The number of nitrogens with one attached hydrogen (secondary N) is 1. The van der Waals surface area contributed by atoms with E-state index in [9.17, 15) is 4.79 Å². The molecule has 1 atom stereocenters. The molecule has 28 heavy (non-hydrogen) atoms. The lowest BCUT2D eigenvalue weighted by molar-refractivity contribution is -0.135. The summed E-state index contributed by atoms with van der Waals surface area (Å²) < 4.78 is 3.89. The van der Waals surface area contributed by atoms with E-state index in [-0.39, 0.29) is 11.9 Å². The maximum atomic E-state index is 12.7. The van der Waals surface area contributed by atoms with Gasteiger partial charge in [-0.3, -0.25) is 9.48 Å². The zero-order valence-electron chi connectivity index (χ0n) is 16.8. The van der Waals surface area contributed by atoms with Gasteiger partial charge >= 0.3 is 0 Å². The molecule has 9 nitrogen and oxygen atoms in total. The molecule has 3 aromatic heterocycles. The minimum Gasteiger partial charge on any atom is -0.356 e. The summed E-state index contributed by atoms with van der Waals surface area (Å²) in [5.74, 6) is 1.50. The number of amides is 1. The third kappa shape index (κ3) is 2.90. The quantitative estimate of drug-likeness (QED) is 0.701. The minimum atomic E-state index is -0.312.